The first-order valence-electron chi connectivity index (χ1n) is 6.81. The van der Waals surface area contributed by atoms with Crippen LogP contribution in [-0.4, -0.2) is 27.2 Å². The van der Waals surface area contributed by atoms with Crippen molar-refractivity contribution in [1.29, 1.82) is 0 Å². The Kier molecular flexibility index (Phi) is 4.98. The number of nitrogens with zero attached hydrogens (tertiary/aromatic N) is 2. The Labute approximate surface area is 124 Å². The number of nitrogens with two attached hydrogens (primary N) is 1. The number of imidazole rings is 1. The van der Waals surface area contributed by atoms with Crippen LogP contribution in [0.4, 0.5) is 4.79 Å². The van der Waals surface area contributed by atoms with Gasteiger partial charge in [0.1, 0.15) is 5.60 Å². The van der Waals surface area contributed by atoms with Gasteiger partial charge in [-0.05, 0) is 34.6 Å². The van der Waals surface area contributed by atoms with E-state index < -0.39 is 17.2 Å². The fourth-order valence-corrected chi connectivity index (χ4v) is 1.87. The van der Waals surface area contributed by atoms with Crippen LogP contribution in [0.15, 0.2) is 12.5 Å². The number of primary amides is 1. The number of aromatic nitrogens is 2. The van der Waals surface area contributed by atoms with E-state index in [1.807, 2.05) is 13.8 Å². The molecule has 0 aliphatic carbocycles. The first-order chi connectivity index (χ1) is 9.51. The van der Waals surface area contributed by atoms with Gasteiger partial charge in [0.05, 0.1) is 23.8 Å². The van der Waals surface area contributed by atoms with Gasteiger partial charge in [0.25, 0.3) is 0 Å². The van der Waals surface area contributed by atoms with Crippen LogP contribution in [0.25, 0.3) is 0 Å². The predicted molar refractivity (Wildman–Crippen MR) is 78.4 cm³/mol. The SMILES string of the molecule is CC(C)(C)OC(=O)NC(C)(C)c1cncn1CCC(N)=O. The van der Waals surface area contributed by atoms with E-state index in [0.29, 0.717) is 6.54 Å². The van der Waals surface area contributed by atoms with Gasteiger partial charge in [-0.15, -0.1) is 0 Å². The minimum absolute atomic E-state index is 0.214. The molecule has 0 saturated carbocycles. The smallest absolute Gasteiger partial charge is 0.408 e. The predicted octanol–water partition coefficient (Wildman–Crippen LogP) is 1.52. The molecular weight excluding hydrogens is 272 g/mol. The lowest BCUT2D eigenvalue weighted by atomic mass is 10.0. The van der Waals surface area contributed by atoms with Crippen molar-refractivity contribution in [2.75, 3.05) is 0 Å². The van der Waals surface area contributed by atoms with Gasteiger partial charge >= 0.3 is 6.09 Å². The van der Waals surface area contributed by atoms with E-state index in [-0.39, 0.29) is 12.3 Å². The molecule has 0 unspecified atom stereocenters. The van der Waals surface area contributed by atoms with Gasteiger partial charge in [-0.3, -0.25) is 4.79 Å². The summed E-state index contributed by atoms with van der Waals surface area (Å²) < 4.78 is 7.05. The average molecular weight is 296 g/mol. The highest BCUT2D eigenvalue weighted by Gasteiger charge is 2.29. The van der Waals surface area contributed by atoms with Gasteiger partial charge in [-0.2, -0.15) is 0 Å². The lowest BCUT2D eigenvalue weighted by Gasteiger charge is -2.29. The molecule has 7 nitrogen and oxygen atoms in total. The van der Waals surface area contributed by atoms with Crippen LogP contribution in [0.5, 0.6) is 0 Å². The van der Waals surface area contributed by atoms with Crippen LogP contribution in [0.2, 0.25) is 0 Å². The molecule has 0 saturated heterocycles. The van der Waals surface area contributed by atoms with E-state index in [2.05, 4.69) is 10.3 Å². The highest BCUT2D eigenvalue weighted by Crippen LogP contribution is 2.21. The number of hydrogen-bond acceptors (Lipinski definition) is 4. The molecule has 7 heteroatoms. The number of aryl methyl sites for hydroxylation is 1. The van der Waals surface area contributed by atoms with Crippen LogP contribution < -0.4 is 11.1 Å². The number of amides is 2. The van der Waals surface area contributed by atoms with E-state index in [4.69, 9.17) is 10.5 Å². The van der Waals surface area contributed by atoms with Crippen LogP contribution in [-0.2, 0) is 21.6 Å². The van der Waals surface area contributed by atoms with Gasteiger partial charge in [0.2, 0.25) is 5.91 Å². The number of carbonyl (C=O) groups is 2. The van der Waals surface area contributed by atoms with Gasteiger partial charge in [0, 0.05) is 13.0 Å². The molecule has 1 aromatic heterocycles. The van der Waals surface area contributed by atoms with Crippen LogP contribution in [0.3, 0.4) is 0 Å². The highest BCUT2D eigenvalue weighted by molar-refractivity contribution is 5.73. The number of nitrogens with one attached hydrogen (secondary N) is 1. The summed E-state index contributed by atoms with van der Waals surface area (Å²) in [5.74, 6) is -0.382. The molecular formula is C14H24N4O3. The van der Waals surface area contributed by atoms with Crippen LogP contribution in [0.1, 0.15) is 46.7 Å². The van der Waals surface area contributed by atoms with E-state index in [1.165, 1.54) is 0 Å². The summed E-state index contributed by atoms with van der Waals surface area (Å²) in [4.78, 5) is 26.9. The third-order valence-electron chi connectivity index (χ3n) is 2.77. The molecule has 0 aliphatic rings. The van der Waals surface area contributed by atoms with E-state index >= 15 is 0 Å². The minimum atomic E-state index is -0.684. The summed E-state index contributed by atoms with van der Waals surface area (Å²) in [5.41, 5.74) is 4.68. The van der Waals surface area contributed by atoms with Gasteiger partial charge in [-0.1, -0.05) is 0 Å². The summed E-state index contributed by atoms with van der Waals surface area (Å²) in [5, 5.41) is 2.81. The maximum absolute atomic E-state index is 11.9. The molecule has 0 aromatic carbocycles. The Hall–Kier alpha value is -2.05. The molecule has 2 amide bonds. The molecule has 1 aromatic rings. The fourth-order valence-electron chi connectivity index (χ4n) is 1.87. The Morgan fingerprint density at radius 1 is 1.33 bits per heavy atom. The monoisotopic (exact) mass is 296 g/mol. The van der Waals surface area contributed by atoms with E-state index in [9.17, 15) is 9.59 Å². The standard InChI is InChI=1S/C14H24N4O3/c1-13(2,3)21-12(20)17-14(4,5)10-8-16-9-18(10)7-6-11(15)19/h8-9H,6-7H2,1-5H3,(H2,15,19)(H,17,20). The molecule has 0 spiro atoms. The summed E-state index contributed by atoms with van der Waals surface area (Å²) in [6, 6.07) is 0. The van der Waals surface area contributed by atoms with Crippen molar-refractivity contribution in [2.24, 2.45) is 5.73 Å². The number of hydrogen-bond donors (Lipinski definition) is 2. The maximum atomic E-state index is 11.9. The number of carbonyl (C=O) groups excluding carboxylic acids is 2. The third kappa shape index (κ3) is 5.45. The highest BCUT2D eigenvalue weighted by atomic mass is 16.6. The molecule has 3 N–H and O–H groups in total. The average Bonchev–Trinajstić information content (AvgIpc) is 2.71. The van der Waals surface area contributed by atoms with Crippen molar-refractivity contribution in [1.82, 2.24) is 14.9 Å². The Morgan fingerprint density at radius 3 is 2.48 bits per heavy atom. The van der Waals surface area contributed by atoms with Gasteiger partial charge in [0.15, 0.2) is 0 Å². The van der Waals surface area contributed by atoms with Crippen molar-refractivity contribution in [2.45, 2.75) is 58.7 Å². The molecule has 0 radical (unpaired) electrons. The van der Waals surface area contributed by atoms with Gasteiger partial charge in [-0.25, -0.2) is 9.78 Å². The molecule has 118 valence electrons. The summed E-state index contributed by atoms with van der Waals surface area (Å²) in [6.45, 7) is 9.51. The zero-order chi connectivity index (χ0) is 16.3. The van der Waals surface area contributed by atoms with Crippen LogP contribution in [0, 0.1) is 0 Å². The topological polar surface area (TPSA) is 99.2 Å². The molecule has 1 heterocycles. The molecule has 0 bridgehead atoms. The first kappa shape index (κ1) is 17.0. The molecule has 1 rings (SSSR count). The summed E-state index contributed by atoms with van der Waals surface area (Å²) in [6.07, 6.45) is 2.97. The molecule has 21 heavy (non-hydrogen) atoms. The van der Waals surface area contributed by atoms with Crippen molar-refractivity contribution >= 4 is 12.0 Å². The van der Waals surface area contributed by atoms with Crippen LogP contribution >= 0.6 is 0 Å². The van der Waals surface area contributed by atoms with Crippen molar-refractivity contribution in [3.63, 3.8) is 0 Å². The largest absolute Gasteiger partial charge is 0.444 e. The summed E-state index contributed by atoms with van der Waals surface area (Å²) in [7, 11) is 0. The third-order valence-corrected chi connectivity index (χ3v) is 2.77. The fraction of sp³-hybridized carbons (Fsp3) is 0.643. The second-order valence-corrected chi connectivity index (χ2v) is 6.44. The van der Waals surface area contributed by atoms with Crippen molar-refractivity contribution < 1.29 is 14.3 Å². The quantitative estimate of drug-likeness (QED) is 0.860. The van der Waals surface area contributed by atoms with E-state index in [0.717, 1.165) is 5.69 Å². The molecule has 0 atom stereocenters. The number of rotatable bonds is 5. The van der Waals surface area contributed by atoms with E-state index in [1.54, 1.807) is 37.9 Å². The first-order valence-corrected chi connectivity index (χ1v) is 6.81. The summed E-state index contributed by atoms with van der Waals surface area (Å²) >= 11 is 0. The lowest BCUT2D eigenvalue weighted by molar-refractivity contribution is -0.118. The minimum Gasteiger partial charge on any atom is -0.444 e. The van der Waals surface area contributed by atoms with Gasteiger partial charge < -0.3 is 20.4 Å². The van der Waals surface area contributed by atoms with Crippen molar-refractivity contribution in [3.8, 4) is 0 Å². The number of alkyl carbamates (subject to hydrolysis) is 1. The maximum Gasteiger partial charge on any atom is 0.408 e. The lowest BCUT2D eigenvalue weighted by Crippen LogP contribution is -2.44. The Morgan fingerprint density at radius 2 is 1.95 bits per heavy atom. The Bertz CT molecular complexity index is 515. The molecule has 0 aliphatic heterocycles. The second kappa shape index (κ2) is 6.15. The zero-order valence-electron chi connectivity index (χ0n) is 13.3. The second-order valence-electron chi connectivity index (χ2n) is 6.44. The molecule has 0 fully saturated rings. The Balaban J connectivity index is 2.80. The normalized spacial score (nSPS) is 12.0. The zero-order valence-corrected chi connectivity index (χ0v) is 13.3. The number of ether oxygens (including phenoxy) is 1. The van der Waals surface area contributed by atoms with Crippen molar-refractivity contribution in [3.05, 3.63) is 18.2 Å².